The Hall–Kier alpha value is -2.15. The molecule has 0 bridgehead atoms. The summed E-state index contributed by atoms with van der Waals surface area (Å²) >= 11 is 0. The summed E-state index contributed by atoms with van der Waals surface area (Å²) < 4.78 is 11.0. The Morgan fingerprint density at radius 3 is 2.68 bits per heavy atom. The second kappa shape index (κ2) is 6.92. The van der Waals surface area contributed by atoms with Crippen LogP contribution in [-0.2, 0) is 14.3 Å². The predicted molar refractivity (Wildman–Crippen MR) is 109 cm³/mol. The van der Waals surface area contributed by atoms with Crippen molar-refractivity contribution in [1.29, 1.82) is 0 Å². The molecule has 7 heteroatoms. The highest BCUT2D eigenvalue weighted by Gasteiger charge is 2.74. The number of carboxylic acids is 1. The molecule has 3 saturated carbocycles. The lowest BCUT2D eigenvalue weighted by molar-refractivity contribution is -0.178. The van der Waals surface area contributed by atoms with Gasteiger partial charge in [0.2, 0.25) is 0 Å². The Bertz CT molecular complexity index is 969. The lowest BCUT2D eigenvalue weighted by Gasteiger charge is -2.50. The Labute approximate surface area is 180 Å². The summed E-state index contributed by atoms with van der Waals surface area (Å²) in [6, 6.07) is 3.02. The number of carbonyl (C=O) groups is 2. The first-order valence-corrected chi connectivity index (χ1v) is 11.4. The van der Waals surface area contributed by atoms with Crippen LogP contribution in [0.5, 0.6) is 0 Å². The molecule has 0 amide bonds. The summed E-state index contributed by atoms with van der Waals surface area (Å²) in [5.41, 5.74) is -2.30. The van der Waals surface area contributed by atoms with Gasteiger partial charge in [-0.05, 0) is 74.8 Å². The number of hydrogen-bond donors (Lipinski definition) is 2. The molecule has 168 valence electrons. The average molecular weight is 430 g/mol. The molecule has 8 unspecified atom stereocenters. The normalized spacial score (nSPS) is 46.4. The smallest absolute Gasteiger partial charge is 0.335 e. The van der Waals surface area contributed by atoms with E-state index in [-0.39, 0.29) is 41.7 Å². The van der Waals surface area contributed by atoms with Crippen LogP contribution in [0.15, 0.2) is 27.6 Å². The second-order valence-electron chi connectivity index (χ2n) is 10.4. The molecular weight excluding hydrogens is 400 g/mol. The summed E-state index contributed by atoms with van der Waals surface area (Å²) in [6.07, 6.45) is 4.95. The van der Waals surface area contributed by atoms with Gasteiger partial charge in [-0.2, -0.15) is 0 Å². The maximum absolute atomic E-state index is 13.3. The van der Waals surface area contributed by atoms with Crippen LogP contribution in [0.25, 0.3) is 0 Å². The largest absolute Gasteiger partial charge is 0.481 e. The lowest BCUT2D eigenvalue weighted by atomic mass is 9.52. The van der Waals surface area contributed by atoms with Crippen molar-refractivity contribution in [3.05, 3.63) is 34.4 Å². The summed E-state index contributed by atoms with van der Waals surface area (Å²) in [5, 5.41) is 20.7. The molecule has 7 nitrogen and oxygen atoms in total. The number of aliphatic hydroxyl groups is 1. The first kappa shape index (κ1) is 20.7. The van der Waals surface area contributed by atoms with Crippen LogP contribution in [0.1, 0.15) is 63.9 Å². The van der Waals surface area contributed by atoms with Gasteiger partial charge in [0.25, 0.3) is 0 Å². The molecule has 1 spiro atoms. The molecule has 0 aromatic carbocycles. The third-order valence-electron chi connectivity index (χ3n) is 9.23. The van der Waals surface area contributed by atoms with Crippen molar-refractivity contribution in [2.75, 3.05) is 0 Å². The second-order valence-corrected chi connectivity index (χ2v) is 10.4. The molecule has 4 aliphatic rings. The highest BCUT2D eigenvalue weighted by Crippen LogP contribution is 2.67. The predicted octanol–water partition coefficient (Wildman–Crippen LogP) is 2.95. The number of fused-ring (bicyclic) bond motifs is 4. The van der Waals surface area contributed by atoms with E-state index in [2.05, 4.69) is 6.92 Å². The maximum atomic E-state index is 13.3. The molecule has 31 heavy (non-hydrogen) atoms. The molecule has 2 N–H and O–H groups in total. The minimum absolute atomic E-state index is 0.120. The first-order valence-electron chi connectivity index (χ1n) is 11.4. The monoisotopic (exact) mass is 430 g/mol. The molecule has 1 aliphatic heterocycles. The number of hydrogen-bond acceptors (Lipinski definition) is 6. The number of carbonyl (C=O) groups excluding carboxylic acids is 1. The summed E-state index contributed by atoms with van der Waals surface area (Å²) in [6.45, 7) is 3.79. The van der Waals surface area contributed by atoms with Crippen molar-refractivity contribution < 1.29 is 29.0 Å². The molecule has 3 aliphatic carbocycles. The standard InChI is InChI=1S/C24H30O7/c1-12-9-15(25)10-14-3-4-17-20(19(12)14)21(27)31-24(17)7-5-16(23(24,2)22(28)29)13-6-8-30-18(26)11-13/h6,8,11-12,14-17,19-20,25H,3-5,7,9-10H2,1-2H3,(H,28,29)/t12-,14?,15?,16?,17?,19?,20?,23?,24?/m1/s1. The van der Waals surface area contributed by atoms with E-state index < -0.39 is 28.5 Å². The molecule has 4 fully saturated rings. The zero-order chi connectivity index (χ0) is 22.1. The van der Waals surface area contributed by atoms with Gasteiger partial charge in [-0.25, -0.2) is 4.79 Å². The fourth-order valence-corrected chi connectivity index (χ4v) is 7.99. The van der Waals surface area contributed by atoms with Gasteiger partial charge in [0.05, 0.1) is 18.3 Å². The van der Waals surface area contributed by atoms with Gasteiger partial charge in [0.1, 0.15) is 11.0 Å². The first-order chi connectivity index (χ1) is 14.7. The highest BCUT2D eigenvalue weighted by molar-refractivity contribution is 5.83. The average Bonchev–Trinajstić information content (AvgIpc) is 3.17. The van der Waals surface area contributed by atoms with E-state index in [4.69, 9.17) is 9.15 Å². The van der Waals surface area contributed by atoms with Gasteiger partial charge < -0.3 is 19.4 Å². The minimum atomic E-state index is -1.33. The number of aliphatic hydroxyl groups excluding tert-OH is 1. The quantitative estimate of drug-likeness (QED) is 0.693. The van der Waals surface area contributed by atoms with Crippen LogP contribution in [0.3, 0.4) is 0 Å². The van der Waals surface area contributed by atoms with E-state index in [0.717, 1.165) is 12.8 Å². The minimum Gasteiger partial charge on any atom is -0.481 e. The van der Waals surface area contributed by atoms with Gasteiger partial charge in [0, 0.05) is 17.9 Å². The number of rotatable bonds is 2. The molecule has 1 aromatic heterocycles. The number of ether oxygens (including phenoxy) is 1. The number of aliphatic carboxylic acids is 1. The van der Waals surface area contributed by atoms with E-state index in [1.54, 1.807) is 13.0 Å². The summed E-state index contributed by atoms with van der Waals surface area (Å²) in [7, 11) is 0. The summed E-state index contributed by atoms with van der Waals surface area (Å²) in [5.74, 6) is -1.61. The molecule has 9 atom stereocenters. The Kier molecular flexibility index (Phi) is 4.63. The Morgan fingerprint density at radius 1 is 1.19 bits per heavy atom. The van der Waals surface area contributed by atoms with E-state index in [1.807, 2.05) is 0 Å². The van der Waals surface area contributed by atoms with Crippen LogP contribution >= 0.6 is 0 Å². The molecule has 2 heterocycles. The third-order valence-corrected chi connectivity index (χ3v) is 9.23. The van der Waals surface area contributed by atoms with E-state index in [9.17, 15) is 24.6 Å². The van der Waals surface area contributed by atoms with Crippen LogP contribution in [-0.4, -0.2) is 33.9 Å². The topological polar surface area (TPSA) is 114 Å². The van der Waals surface area contributed by atoms with E-state index in [1.165, 1.54) is 12.3 Å². The molecule has 0 radical (unpaired) electrons. The van der Waals surface area contributed by atoms with Crippen molar-refractivity contribution >= 4 is 11.9 Å². The number of carboxylic acid groups (broad SMARTS) is 1. The van der Waals surface area contributed by atoms with Gasteiger partial charge in [-0.15, -0.1) is 0 Å². The fraction of sp³-hybridized carbons (Fsp3) is 0.708. The lowest BCUT2D eigenvalue weighted by Crippen LogP contribution is -2.56. The Balaban J connectivity index is 1.57. The zero-order valence-corrected chi connectivity index (χ0v) is 18.0. The highest BCUT2D eigenvalue weighted by atomic mass is 16.6. The summed E-state index contributed by atoms with van der Waals surface area (Å²) in [4.78, 5) is 37.9. The van der Waals surface area contributed by atoms with Crippen molar-refractivity contribution in [3.63, 3.8) is 0 Å². The van der Waals surface area contributed by atoms with Crippen molar-refractivity contribution in [3.8, 4) is 0 Å². The van der Waals surface area contributed by atoms with Crippen molar-refractivity contribution in [2.45, 2.75) is 70.0 Å². The Morgan fingerprint density at radius 2 is 1.97 bits per heavy atom. The SMILES string of the molecule is C[C@@H]1CC(O)CC2CCC3C(C(=O)OC34CCC(c3ccoc(=O)c3)C4(C)C(=O)O)C21. The third kappa shape index (κ3) is 2.71. The number of esters is 1. The van der Waals surface area contributed by atoms with Crippen LogP contribution < -0.4 is 5.63 Å². The maximum Gasteiger partial charge on any atom is 0.335 e. The van der Waals surface area contributed by atoms with Gasteiger partial charge in [0.15, 0.2) is 0 Å². The molecular formula is C24H30O7. The zero-order valence-electron chi connectivity index (χ0n) is 18.0. The molecule has 1 aromatic rings. The van der Waals surface area contributed by atoms with Crippen LogP contribution in [0.2, 0.25) is 0 Å². The van der Waals surface area contributed by atoms with Gasteiger partial charge in [-0.3, -0.25) is 9.59 Å². The van der Waals surface area contributed by atoms with Gasteiger partial charge >= 0.3 is 17.6 Å². The molecule has 5 rings (SSSR count). The fourth-order valence-electron chi connectivity index (χ4n) is 7.99. The van der Waals surface area contributed by atoms with Gasteiger partial charge in [-0.1, -0.05) is 6.92 Å². The molecule has 1 saturated heterocycles. The van der Waals surface area contributed by atoms with E-state index >= 15 is 0 Å². The van der Waals surface area contributed by atoms with E-state index in [0.29, 0.717) is 31.2 Å². The van der Waals surface area contributed by atoms with Crippen molar-refractivity contribution in [1.82, 2.24) is 0 Å². The van der Waals surface area contributed by atoms with Crippen LogP contribution in [0.4, 0.5) is 0 Å². The van der Waals surface area contributed by atoms with Crippen molar-refractivity contribution in [2.24, 2.45) is 35.0 Å². The van der Waals surface area contributed by atoms with Crippen LogP contribution in [0, 0.1) is 35.0 Å².